The lowest BCUT2D eigenvalue weighted by molar-refractivity contribution is 0.0930. The molecule has 1 saturated heterocycles. The molecule has 9 nitrogen and oxygen atoms in total. The van der Waals surface area contributed by atoms with Crippen LogP contribution in [-0.2, 0) is 13.6 Å². The Hall–Kier alpha value is -4.37. The Morgan fingerprint density at radius 1 is 1.00 bits per heavy atom. The summed E-state index contributed by atoms with van der Waals surface area (Å²) >= 11 is 0. The number of fused-ring (bicyclic) bond motifs is 1. The molecule has 0 aliphatic carbocycles. The van der Waals surface area contributed by atoms with Crippen LogP contribution in [0.3, 0.4) is 0 Å². The van der Waals surface area contributed by atoms with Crippen LogP contribution in [0.2, 0.25) is 0 Å². The Morgan fingerprint density at radius 3 is 2.49 bits per heavy atom. The third-order valence-corrected chi connectivity index (χ3v) is 6.81. The van der Waals surface area contributed by atoms with Gasteiger partial charge in [0.1, 0.15) is 0 Å². The number of rotatable bonds is 6. The average Bonchev–Trinajstić information content (AvgIpc) is 3.15. The lowest BCUT2D eigenvalue weighted by atomic mass is 10.1. The molecule has 1 atom stereocenters. The first-order valence-corrected chi connectivity index (χ1v) is 12.4. The minimum Gasteiger partial charge on any atom is -0.397 e. The third kappa shape index (κ3) is 5.12. The van der Waals surface area contributed by atoms with E-state index in [2.05, 4.69) is 16.0 Å². The van der Waals surface area contributed by atoms with E-state index in [-0.39, 0.29) is 23.5 Å². The summed E-state index contributed by atoms with van der Waals surface area (Å²) in [6.45, 7) is 2.04. The van der Waals surface area contributed by atoms with Gasteiger partial charge in [0.25, 0.3) is 11.8 Å². The molecule has 0 saturated carbocycles. The maximum absolute atomic E-state index is 13.0. The summed E-state index contributed by atoms with van der Waals surface area (Å²) in [5, 5.41) is 9.20. The highest BCUT2D eigenvalue weighted by Gasteiger charge is 2.19. The minimum atomic E-state index is -0.268. The number of nitrogens with zero attached hydrogens (tertiary/aromatic N) is 2. The number of para-hydroxylation sites is 2. The second kappa shape index (κ2) is 10.3. The van der Waals surface area contributed by atoms with Crippen LogP contribution in [0.15, 0.2) is 71.5 Å². The maximum Gasteiger partial charge on any atom is 0.329 e. The molecule has 1 aliphatic rings. The molecular weight excluding hydrogens is 468 g/mol. The highest BCUT2D eigenvalue weighted by atomic mass is 16.2. The van der Waals surface area contributed by atoms with Crippen molar-refractivity contribution in [3.63, 3.8) is 0 Å². The van der Waals surface area contributed by atoms with E-state index in [4.69, 9.17) is 5.73 Å². The van der Waals surface area contributed by atoms with Gasteiger partial charge in [-0.1, -0.05) is 24.3 Å². The normalized spacial score (nSPS) is 15.4. The number of anilines is 2. The van der Waals surface area contributed by atoms with Gasteiger partial charge in [0.15, 0.2) is 0 Å². The van der Waals surface area contributed by atoms with Gasteiger partial charge < -0.3 is 21.7 Å². The molecule has 1 aromatic heterocycles. The van der Waals surface area contributed by atoms with Gasteiger partial charge in [0.2, 0.25) is 0 Å². The van der Waals surface area contributed by atoms with Crippen molar-refractivity contribution in [2.24, 2.45) is 7.05 Å². The fraction of sp³-hybridized carbons (Fsp3) is 0.250. The van der Waals surface area contributed by atoms with Crippen molar-refractivity contribution in [3.8, 4) is 0 Å². The molecule has 4 aromatic rings. The summed E-state index contributed by atoms with van der Waals surface area (Å²) in [6.07, 6.45) is 1.98. The van der Waals surface area contributed by atoms with Crippen LogP contribution >= 0.6 is 0 Å². The number of hydrogen-bond donors (Lipinski definition) is 4. The van der Waals surface area contributed by atoms with Crippen molar-refractivity contribution < 1.29 is 9.59 Å². The molecule has 5 N–H and O–H groups in total. The summed E-state index contributed by atoms with van der Waals surface area (Å²) in [6, 6.07) is 19.6. The SMILES string of the molecule is Cn1c(=O)n(Cc2ccc(C(=O)Nc3ccccc3N)cc2)c2cc(C(=O)N[C@@H]3CCCNC3)ccc21. The lowest BCUT2D eigenvalue weighted by Crippen LogP contribution is -2.45. The highest BCUT2D eigenvalue weighted by molar-refractivity contribution is 6.05. The molecule has 1 fully saturated rings. The Bertz CT molecular complexity index is 1510. The summed E-state index contributed by atoms with van der Waals surface area (Å²) in [4.78, 5) is 38.6. The van der Waals surface area contributed by atoms with Crippen molar-refractivity contribution in [2.45, 2.75) is 25.4 Å². The molecule has 2 amide bonds. The standard InChI is InChI=1S/C28H30N6O3/c1-33-24-13-12-20(27(36)31-21-5-4-14-30-16-21)15-25(24)34(28(33)37)17-18-8-10-19(11-9-18)26(35)32-23-7-3-2-6-22(23)29/h2-3,6-13,15,21,30H,4-5,14,16-17,29H2,1H3,(H,31,36)(H,32,35)/t21-/m1/s1. The number of nitrogens with two attached hydrogens (primary N) is 1. The molecule has 3 aromatic carbocycles. The number of carbonyl (C=O) groups is 2. The van der Waals surface area contributed by atoms with Crippen molar-refractivity contribution in [1.29, 1.82) is 0 Å². The van der Waals surface area contributed by atoms with E-state index in [9.17, 15) is 14.4 Å². The van der Waals surface area contributed by atoms with Crippen molar-refractivity contribution in [3.05, 3.63) is 93.9 Å². The number of piperidine rings is 1. The maximum atomic E-state index is 13.0. The quantitative estimate of drug-likeness (QED) is 0.305. The first-order chi connectivity index (χ1) is 17.9. The topological polar surface area (TPSA) is 123 Å². The van der Waals surface area contributed by atoms with Crippen LogP contribution < -0.4 is 27.4 Å². The first-order valence-electron chi connectivity index (χ1n) is 12.4. The lowest BCUT2D eigenvalue weighted by Gasteiger charge is -2.23. The van der Waals surface area contributed by atoms with Crippen molar-refractivity contribution in [2.75, 3.05) is 24.1 Å². The molecule has 2 heterocycles. The number of aromatic nitrogens is 2. The monoisotopic (exact) mass is 498 g/mol. The second-order valence-electron chi connectivity index (χ2n) is 9.39. The van der Waals surface area contributed by atoms with E-state index in [1.807, 2.05) is 18.2 Å². The second-order valence-corrected chi connectivity index (χ2v) is 9.39. The van der Waals surface area contributed by atoms with Gasteiger partial charge in [-0.3, -0.25) is 18.7 Å². The molecule has 0 unspecified atom stereocenters. The zero-order valence-electron chi connectivity index (χ0n) is 20.7. The van der Waals surface area contributed by atoms with Gasteiger partial charge in [-0.25, -0.2) is 4.79 Å². The number of benzene rings is 3. The zero-order valence-corrected chi connectivity index (χ0v) is 20.7. The fourth-order valence-corrected chi connectivity index (χ4v) is 4.70. The van der Waals surface area contributed by atoms with E-state index in [0.717, 1.165) is 37.0 Å². The number of carbonyl (C=O) groups excluding carboxylic acids is 2. The Balaban J connectivity index is 1.36. The van der Waals surface area contributed by atoms with Gasteiger partial charge in [-0.2, -0.15) is 0 Å². The molecule has 37 heavy (non-hydrogen) atoms. The van der Waals surface area contributed by atoms with Crippen molar-refractivity contribution >= 4 is 34.2 Å². The third-order valence-electron chi connectivity index (χ3n) is 6.81. The number of imidazole rings is 1. The van der Waals surface area contributed by atoms with E-state index in [1.165, 1.54) is 0 Å². The smallest absolute Gasteiger partial charge is 0.329 e. The predicted octanol–water partition coefficient (Wildman–Crippen LogP) is 2.70. The molecule has 9 heteroatoms. The molecule has 0 bridgehead atoms. The molecular formula is C28H30N6O3. The van der Waals surface area contributed by atoms with Crippen LogP contribution in [0.4, 0.5) is 11.4 Å². The van der Waals surface area contributed by atoms with Crippen LogP contribution in [0, 0.1) is 0 Å². The average molecular weight is 499 g/mol. The predicted molar refractivity (Wildman–Crippen MR) is 145 cm³/mol. The van der Waals surface area contributed by atoms with E-state index in [0.29, 0.717) is 34.6 Å². The van der Waals surface area contributed by atoms with Crippen molar-refractivity contribution in [1.82, 2.24) is 19.8 Å². The van der Waals surface area contributed by atoms with Gasteiger partial charge in [-0.15, -0.1) is 0 Å². The number of nitrogen functional groups attached to an aromatic ring is 1. The first kappa shape index (κ1) is 24.3. The summed E-state index contributed by atoms with van der Waals surface area (Å²) in [7, 11) is 1.72. The number of nitrogens with one attached hydrogen (secondary N) is 3. The Morgan fingerprint density at radius 2 is 1.76 bits per heavy atom. The van der Waals surface area contributed by atoms with Crippen LogP contribution in [-0.4, -0.2) is 40.1 Å². The molecule has 190 valence electrons. The number of aryl methyl sites for hydroxylation is 1. The fourth-order valence-electron chi connectivity index (χ4n) is 4.70. The Kier molecular flexibility index (Phi) is 6.78. The summed E-state index contributed by atoms with van der Waals surface area (Å²) in [5.74, 6) is -0.413. The van der Waals surface area contributed by atoms with Gasteiger partial charge in [-0.05, 0) is 67.4 Å². The molecule has 5 rings (SSSR count). The van der Waals surface area contributed by atoms with E-state index >= 15 is 0 Å². The van der Waals surface area contributed by atoms with E-state index in [1.54, 1.807) is 64.7 Å². The van der Waals surface area contributed by atoms with Crippen LogP contribution in [0.5, 0.6) is 0 Å². The summed E-state index contributed by atoms with van der Waals surface area (Å²) in [5.41, 5.74) is 10.1. The summed E-state index contributed by atoms with van der Waals surface area (Å²) < 4.78 is 3.22. The number of amides is 2. The molecule has 1 aliphatic heterocycles. The zero-order chi connectivity index (χ0) is 25.9. The minimum absolute atomic E-state index is 0.101. The Labute approximate surface area is 214 Å². The largest absolute Gasteiger partial charge is 0.397 e. The highest BCUT2D eigenvalue weighted by Crippen LogP contribution is 2.19. The number of hydrogen-bond acceptors (Lipinski definition) is 5. The van der Waals surface area contributed by atoms with Gasteiger partial charge >= 0.3 is 5.69 Å². The molecule has 0 radical (unpaired) electrons. The van der Waals surface area contributed by atoms with Gasteiger partial charge in [0, 0.05) is 30.8 Å². The van der Waals surface area contributed by atoms with E-state index < -0.39 is 0 Å². The van der Waals surface area contributed by atoms with Gasteiger partial charge in [0.05, 0.1) is 29.0 Å². The van der Waals surface area contributed by atoms with Crippen LogP contribution in [0.1, 0.15) is 39.1 Å². The molecule has 0 spiro atoms. The van der Waals surface area contributed by atoms with Crippen LogP contribution in [0.25, 0.3) is 11.0 Å².